The molecule has 0 aromatic carbocycles. The van der Waals surface area contributed by atoms with Gasteiger partial charge in [-0.2, -0.15) is 0 Å². The van der Waals surface area contributed by atoms with Crippen LogP contribution in [0.25, 0.3) is 0 Å². The Morgan fingerprint density at radius 3 is 2.38 bits per heavy atom. The van der Waals surface area contributed by atoms with Gasteiger partial charge in [-0.25, -0.2) is 4.79 Å². The lowest BCUT2D eigenvalue weighted by Gasteiger charge is -2.04. The molecule has 3 nitrogen and oxygen atoms in total. The summed E-state index contributed by atoms with van der Waals surface area (Å²) in [7, 11) is 0. The molecule has 2 atom stereocenters. The van der Waals surface area contributed by atoms with Gasteiger partial charge in [0.2, 0.25) is 0 Å². The molecule has 1 heterocycles. The summed E-state index contributed by atoms with van der Waals surface area (Å²) in [4.78, 5) is 10.4. The van der Waals surface area contributed by atoms with Gasteiger partial charge in [-0.3, -0.25) is 0 Å². The molecule has 1 saturated heterocycles. The molecule has 2 N–H and O–H groups in total. The molecule has 0 aromatic heterocycles. The van der Waals surface area contributed by atoms with Crippen molar-refractivity contribution in [1.29, 1.82) is 0 Å². The molecule has 3 heteroatoms. The topological polar surface area (TPSA) is 41.1 Å². The Bertz CT molecular complexity index is 101. The minimum atomic E-state index is -0.113. The monoisotopic (exact) mass is 113 g/mol. The smallest absolute Gasteiger partial charge is 0.315 e. The Balaban J connectivity index is 2.51. The van der Waals surface area contributed by atoms with E-state index in [0.29, 0.717) is 0 Å². The maximum Gasteiger partial charge on any atom is 0.315 e. The number of rotatable bonds is 0. The fourth-order valence-electron chi connectivity index (χ4n) is 0.642. The van der Waals surface area contributed by atoms with Crippen molar-refractivity contribution in [3.8, 4) is 0 Å². The van der Waals surface area contributed by atoms with Crippen molar-refractivity contribution in [3.05, 3.63) is 6.92 Å². The van der Waals surface area contributed by atoms with Crippen LogP contribution < -0.4 is 10.6 Å². The third kappa shape index (κ3) is 0.757. The minimum absolute atomic E-state index is 0.0301. The van der Waals surface area contributed by atoms with Crippen LogP contribution in [0.15, 0.2) is 0 Å². The van der Waals surface area contributed by atoms with Crippen LogP contribution in [-0.2, 0) is 0 Å². The van der Waals surface area contributed by atoms with Gasteiger partial charge in [-0.05, 0) is 13.8 Å². The molecule has 45 valence electrons. The quantitative estimate of drug-likeness (QED) is 0.452. The van der Waals surface area contributed by atoms with Crippen LogP contribution >= 0.6 is 0 Å². The van der Waals surface area contributed by atoms with Gasteiger partial charge in [0.05, 0.1) is 6.04 Å². The Morgan fingerprint density at radius 1 is 1.62 bits per heavy atom. The summed E-state index contributed by atoms with van der Waals surface area (Å²) in [6.45, 7) is 5.59. The van der Waals surface area contributed by atoms with Crippen LogP contribution in [0.1, 0.15) is 6.92 Å². The highest BCUT2D eigenvalue weighted by Gasteiger charge is 2.22. The van der Waals surface area contributed by atoms with Crippen LogP contribution in [-0.4, -0.2) is 18.1 Å². The fourth-order valence-corrected chi connectivity index (χ4v) is 0.642. The SMILES string of the molecule is [CH2]C1NC(=O)NC1C. The average Bonchev–Trinajstić information content (AvgIpc) is 1.85. The maximum atomic E-state index is 10.4. The molecular formula is C5H9N2O. The largest absolute Gasteiger partial charge is 0.334 e. The molecule has 1 aliphatic heterocycles. The number of nitrogens with one attached hydrogen (secondary N) is 2. The third-order valence-electron chi connectivity index (χ3n) is 1.28. The van der Waals surface area contributed by atoms with E-state index in [1.807, 2.05) is 6.92 Å². The maximum absolute atomic E-state index is 10.4. The molecule has 1 fully saturated rings. The summed E-state index contributed by atoms with van der Waals surface area (Å²) >= 11 is 0. The van der Waals surface area contributed by atoms with Crippen LogP contribution in [0.2, 0.25) is 0 Å². The molecule has 2 amide bonds. The van der Waals surface area contributed by atoms with Crippen LogP contribution in [0.5, 0.6) is 0 Å². The van der Waals surface area contributed by atoms with Crippen molar-refractivity contribution in [3.63, 3.8) is 0 Å². The summed E-state index contributed by atoms with van der Waals surface area (Å²) in [5, 5.41) is 5.26. The van der Waals surface area contributed by atoms with E-state index in [0.717, 1.165) is 0 Å². The number of carbonyl (C=O) groups excluding carboxylic acids is 1. The number of carbonyl (C=O) groups is 1. The summed E-state index contributed by atoms with van der Waals surface area (Å²) in [5.41, 5.74) is 0. The average molecular weight is 113 g/mol. The van der Waals surface area contributed by atoms with E-state index >= 15 is 0 Å². The lowest BCUT2D eigenvalue weighted by Crippen LogP contribution is -2.27. The van der Waals surface area contributed by atoms with Gasteiger partial charge in [-0.1, -0.05) is 0 Å². The van der Waals surface area contributed by atoms with Crippen molar-refractivity contribution in [1.82, 2.24) is 10.6 Å². The highest BCUT2D eigenvalue weighted by molar-refractivity contribution is 5.77. The standard InChI is InChI=1S/C5H9N2O/c1-3-4(2)7-5(8)6-3/h3-4H,1H2,2H3,(H2,6,7,8). The highest BCUT2D eigenvalue weighted by Crippen LogP contribution is 1.96. The van der Waals surface area contributed by atoms with Crippen molar-refractivity contribution in [2.75, 3.05) is 0 Å². The molecule has 2 unspecified atom stereocenters. The predicted octanol–water partition coefficient (Wildman–Crippen LogP) is -0.110. The first-order chi connectivity index (χ1) is 3.70. The molecule has 1 rings (SSSR count). The van der Waals surface area contributed by atoms with Gasteiger partial charge >= 0.3 is 6.03 Å². The lowest BCUT2D eigenvalue weighted by atomic mass is 10.2. The summed E-state index contributed by atoms with van der Waals surface area (Å²) in [6, 6.07) is 0.0856. The number of hydrogen-bond acceptors (Lipinski definition) is 1. The summed E-state index contributed by atoms with van der Waals surface area (Å²) < 4.78 is 0. The first-order valence-corrected chi connectivity index (χ1v) is 2.60. The summed E-state index contributed by atoms with van der Waals surface area (Å²) in [6.07, 6.45) is 0. The van der Waals surface area contributed by atoms with E-state index in [4.69, 9.17) is 0 Å². The zero-order chi connectivity index (χ0) is 6.15. The second-order valence-electron chi connectivity index (χ2n) is 2.01. The molecule has 8 heavy (non-hydrogen) atoms. The zero-order valence-electron chi connectivity index (χ0n) is 4.77. The second-order valence-corrected chi connectivity index (χ2v) is 2.01. The molecule has 0 spiro atoms. The Kier molecular flexibility index (Phi) is 1.12. The second kappa shape index (κ2) is 1.65. The number of urea groups is 1. The fraction of sp³-hybridized carbons (Fsp3) is 0.600. The summed E-state index contributed by atoms with van der Waals surface area (Å²) in [5.74, 6) is 0. The number of amides is 2. The highest BCUT2D eigenvalue weighted by atomic mass is 16.2. The normalized spacial score (nSPS) is 36.5. The number of hydrogen-bond donors (Lipinski definition) is 2. The zero-order valence-corrected chi connectivity index (χ0v) is 4.77. The third-order valence-corrected chi connectivity index (χ3v) is 1.28. The first-order valence-electron chi connectivity index (χ1n) is 2.60. The van der Waals surface area contributed by atoms with Gasteiger partial charge < -0.3 is 10.6 Å². The van der Waals surface area contributed by atoms with Gasteiger partial charge in [0, 0.05) is 6.04 Å². The lowest BCUT2D eigenvalue weighted by molar-refractivity contribution is 0.247. The predicted molar refractivity (Wildman–Crippen MR) is 30.3 cm³/mol. The molecule has 0 saturated carbocycles. The van der Waals surface area contributed by atoms with Crippen molar-refractivity contribution in [2.45, 2.75) is 19.0 Å². The first kappa shape index (κ1) is 5.41. The molecule has 0 aliphatic carbocycles. The molecule has 1 aliphatic rings. The van der Waals surface area contributed by atoms with E-state index < -0.39 is 0 Å². The molecular weight excluding hydrogens is 104 g/mol. The van der Waals surface area contributed by atoms with E-state index in [-0.39, 0.29) is 18.1 Å². The van der Waals surface area contributed by atoms with E-state index in [9.17, 15) is 4.79 Å². The van der Waals surface area contributed by atoms with Gasteiger partial charge in [0.15, 0.2) is 0 Å². The Labute approximate surface area is 48.5 Å². The molecule has 1 radical (unpaired) electrons. The van der Waals surface area contributed by atoms with Crippen molar-refractivity contribution >= 4 is 6.03 Å². The van der Waals surface area contributed by atoms with Crippen molar-refractivity contribution in [2.24, 2.45) is 0 Å². The van der Waals surface area contributed by atoms with Crippen molar-refractivity contribution < 1.29 is 4.79 Å². The van der Waals surface area contributed by atoms with Gasteiger partial charge in [0.1, 0.15) is 0 Å². The van der Waals surface area contributed by atoms with Crippen LogP contribution in [0, 0.1) is 6.92 Å². The van der Waals surface area contributed by atoms with Crippen LogP contribution in [0.3, 0.4) is 0 Å². The molecule has 0 aromatic rings. The van der Waals surface area contributed by atoms with E-state index in [1.54, 1.807) is 0 Å². The van der Waals surface area contributed by atoms with Crippen LogP contribution in [0.4, 0.5) is 4.79 Å². The van der Waals surface area contributed by atoms with Gasteiger partial charge in [0.25, 0.3) is 0 Å². The van der Waals surface area contributed by atoms with E-state index in [1.165, 1.54) is 0 Å². The van der Waals surface area contributed by atoms with E-state index in [2.05, 4.69) is 17.6 Å². The Morgan fingerprint density at radius 2 is 2.25 bits per heavy atom. The van der Waals surface area contributed by atoms with Gasteiger partial charge in [-0.15, -0.1) is 0 Å². The Hall–Kier alpha value is -0.730. The molecule has 0 bridgehead atoms. The minimum Gasteiger partial charge on any atom is -0.334 e.